The van der Waals surface area contributed by atoms with Gasteiger partial charge in [-0.1, -0.05) is 59.0 Å². The number of carbonyl (C=O) groups is 1. The van der Waals surface area contributed by atoms with Crippen molar-refractivity contribution in [2.24, 2.45) is 5.92 Å². The van der Waals surface area contributed by atoms with Crippen molar-refractivity contribution in [1.82, 2.24) is 0 Å². The zero-order valence-electron chi connectivity index (χ0n) is 11.8. The third-order valence-corrected chi connectivity index (χ3v) is 3.35. The monoisotopic (exact) mass is 240 g/mol. The van der Waals surface area contributed by atoms with Gasteiger partial charge in [-0.05, 0) is 18.8 Å². The van der Waals surface area contributed by atoms with Gasteiger partial charge in [-0.25, -0.2) is 4.79 Å². The Balaban J connectivity index is 3.29. The molecule has 0 aromatic rings. The van der Waals surface area contributed by atoms with Crippen molar-refractivity contribution in [3.63, 3.8) is 0 Å². The molecule has 0 aliphatic carbocycles. The van der Waals surface area contributed by atoms with E-state index in [0.29, 0.717) is 5.57 Å². The lowest BCUT2D eigenvalue weighted by molar-refractivity contribution is -0.136. The van der Waals surface area contributed by atoms with Crippen molar-refractivity contribution in [3.05, 3.63) is 12.2 Å². The number of hydrogen-bond acceptors (Lipinski definition) is 2. The molecule has 0 saturated heterocycles. The summed E-state index contributed by atoms with van der Waals surface area (Å²) < 4.78 is 4.61. The molecule has 0 radical (unpaired) electrons. The molecular weight excluding hydrogens is 212 g/mol. The first-order valence-electron chi connectivity index (χ1n) is 6.87. The topological polar surface area (TPSA) is 26.3 Å². The quantitative estimate of drug-likeness (QED) is 0.319. The van der Waals surface area contributed by atoms with Gasteiger partial charge in [0.15, 0.2) is 0 Å². The summed E-state index contributed by atoms with van der Waals surface area (Å²) in [5.41, 5.74) is 0.604. The van der Waals surface area contributed by atoms with Gasteiger partial charge in [-0.15, -0.1) is 0 Å². The minimum atomic E-state index is -0.262. The Morgan fingerprint density at radius 2 is 1.76 bits per heavy atom. The molecule has 0 aromatic heterocycles. The Kier molecular flexibility index (Phi) is 9.89. The highest BCUT2D eigenvalue weighted by molar-refractivity contribution is 5.87. The third-order valence-electron chi connectivity index (χ3n) is 3.35. The van der Waals surface area contributed by atoms with E-state index in [0.717, 1.165) is 18.8 Å². The summed E-state index contributed by atoms with van der Waals surface area (Å²) in [5, 5.41) is 0. The zero-order valence-corrected chi connectivity index (χ0v) is 11.8. The molecule has 1 atom stereocenters. The Morgan fingerprint density at radius 1 is 1.18 bits per heavy atom. The second-order valence-corrected chi connectivity index (χ2v) is 4.91. The fourth-order valence-electron chi connectivity index (χ4n) is 1.81. The average Bonchev–Trinajstić information content (AvgIpc) is 2.35. The van der Waals surface area contributed by atoms with E-state index >= 15 is 0 Å². The number of rotatable bonds is 10. The Hall–Kier alpha value is -0.790. The molecule has 0 N–H and O–H groups in total. The minimum absolute atomic E-state index is 0.262. The van der Waals surface area contributed by atoms with Crippen molar-refractivity contribution in [2.75, 3.05) is 7.11 Å². The number of hydrogen-bond donors (Lipinski definition) is 0. The lowest BCUT2D eigenvalue weighted by Gasteiger charge is -2.07. The molecule has 0 heterocycles. The lowest BCUT2D eigenvalue weighted by atomic mass is 9.99. The van der Waals surface area contributed by atoms with Crippen molar-refractivity contribution in [3.8, 4) is 0 Å². The zero-order chi connectivity index (χ0) is 13.1. The maximum absolute atomic E-state index is 11.1. The highest BCUT2D eigenvalue weighted by Crippen LogP contribution is 2.15. The average molecular weight is 240 g/mol. The van der Waals surface area contributed by atoms with E-state index < -0.39 is 0 Å². The van der Waals surface area contributed by atoms with E-state index in [1.54, 1.807) is 0 Å². The van der Waals surface area contributed by atoms with Gasteiger partial charge in [-0.3, -0.25) is 0 Å². The first-order chi connectivity index (χ1) is 8.11. The Labute approximate surface area is 106 Å². The van der Waals surface area contributed by atoms with Crippen LogP contribution in [0.2, 0.25) is 0 Å². The van der Waals surface area contributed by atoms with Gasteiger partial charge in [0.2, 0.25) is 0 Å². The fourth-order valence-corrected chi connectivity index (χ4v) is 1.81. The van der Waals surface area contributed by atoms with Crippen molar-refractivity contribution in [2.45, 2.75) is 65.2 Å². The van der Waals surface area contributed by atoms with Crippen LogP contribution in [-0.2, 0) is 9.53 Å². The molecular formula is C15H28O2. The fraction of sp³-hybridized carbons (Fsp3) is 0.800. The maximum atomic E-state index is 11.1. The van der Waals surface area contributed by atoms with E-state index in [1.807, 2.05) is 0 Å². The van der Waals surface area contributed by atoms with Gasteiger partial charge in [0.25, 0.3) is 0 Å². The van der Waals surface area contributed by atoms with E-state index in [9.17, 15) is 4.79 Å². The minimum Gasteiger partial charge on any atom is -0.466 e. The molecule has 0 amide bonds. The van der Waals surface area contributed by atoms with Crippen LogP contribution >= 0.6 is 0 Å². The van der Waals surface area contributed by atoms with Crippen molar-refractivity contribution >= 4 is 5.97 Å². The molecule has 17 heavy (non-hydrogen) atoms. The second kappa shape index (κ2) is 10.4. The SMILES string of the molecule is C=C(CCCCCCCC(C)CC)C(=O)OC. The molecule has 2 nitrogen and oxygen atoms in total. The summed E-state index contributed by atoms with van der Waals surface area (Å²) >= 11 is 0. The van der Waals surface area contributed by atoms with Gasteiger partial charge in [0.1, 0.15) is 0 Å². The normalized spacial score (nSPS) is 12.2. The maximum Gasteiger partial charge on any atom is 0.333 e. The van der Waals surface area contributed by atoms with Gasteiger partial charge in [-0.2, -0.15) is 0 Å². The van der Waals surface area contributed by atoms with Crippen LogP contribution in [0.15, 0.2) is 12.2 Å². The molecule has 0 spiro atoms. The van der Waals surface area contributed by atoms with E-state index in [1.165, 1.54) is 45.6 Å². The van der Waals surface area contributed by atoms with Crippen LogP contribution in [-0.4, -0.2) is 13.1 Å². The van der Waals surface area contributed by atoms with Gasteiger partial charge in [0, 0.05) is 5.57 Å². The molecule has 0 saturated carbocycles. The molecule has 2 heteroatoms. The van der Waals surface area contributed by atoms with E-state index in [-0.39, 0.29) is 5.97 Å². The van der Waals surface area contributed by atoms with E-state index in [2.05, 4.69) is 25.2 Å². The van der Waals surface area contributed by atoms with Crippen LogP contribution in [0.4, 0.5) is 0 Å². The van der Waals surface area contributed by atoms with Crippen molar-refractivity contribution < 1.29 is 9.53 Å². The summed E-state index contributed by atoms with van der Waals surface area (Å²) in [6.07, 6.45) is 9.59. The summed E-state index contributed by atoms with van der Waals surface area (Å²) in [6, 6.07) is 0. The summed E-state index contributed by atoms with van der Waals surface area (Å²) in [6.45, 7) is 8.29. The van der Waals surface area contributed by atoms with Crippen LogP contribution in [0, 0.1) is 5.92 Å². The molecule has 0 aromatic carbocycles. The molecule has 0 rings (SSSR count). The number of methoxy groups -OCH3 is 1. The number of unbranched alkanes of at least 4 members (excludes halogenated alkanes) is 4. The van der Waals surface area contributed by atoms with Gasteiger partial charge < -0.3 is 4.74 Å². The smallest absolute Gasteiger partial charge is 0.333 e. The Bertz CT molecular complexity index is 221. The number of ether oxygens (including phenoxy) is 1. The predicted octanol–water partition coefficient (Wildman–Crippen LogP) is 4.49. The van der Waals surface area contributed by atoms with Crippen LogP contribution in [0.5, 0.6) is 0 Å². The number of carbonyl (C=O) groups excluding carboxylic acids is 1. The van der Waals surface area contributed by atoms with Crippen LogP contribution in [0.1, 0.15) is 65.2 Å². The highest BCUT2D eigenvalue weighted by atomic mass is 16.5. The van der Waals surface area contributed by atoms with Gasteiger partial charge >= 0.3 is 5.97 Å². The molecule has 0 aliphatic heterocycles. The van der Waals surface area contributed by atoms with Crippen LogP contribution < -0.4 is 0 Å². The van der Waals surface area contributed by atoms with Crippen molar-refractivity contribution in [1.29, 1.82) is 0 Å². The Morgan fingerprint density at radius 3 is 2.35 bits per heavy atom. The van der Waals surface area contributed by atoms with Crippen LogP contribution in [0.3, 0.4) is 0 Å². The largest absolute Gasteiger partial charge is 0.466 e. The first kappa shape index (κ1) is 16.2. The molecule has 100 valence electrons. The van der Waals surface area contributed by atoms with Crippen LogP contribution in [0.25, 0.3) is 0 Å². The first-order valence-corrected chi connectivity index (χ1v) is 6.87. The summed E-state index contributed by atoms with van der Waals surface area (Å²) in [4.78, 5) is 11.1. The standard InChI is InChI=1S/C15H28O2/c1-5-13(2)11-9-7-6-8-10-12-14(3)15(16)17-4/h13H,3,5-12H2,1-2,4H3. The second-order valence-electron chi connectivity index (χ2n) is 4.91. The summed E-state index contributed by atoms with van der Waals surface area (Å²) in [5.74, 6) is 0.607. The number of esters is 1. The molecule has 0 aliphatic rings. The predicted molar refractivity (Wildman–Crippen MR) is 72.9 cm³/mol. The van der Waals surface area contributed by atoms with E-state index in [4.69, 9.17) is 0 Å². The third kappa shape index (κ3) is 8.96. The molecule has 0 fully saturated rings. The summed E-state index contributed by atoms with van der Waals surface area (Å²) in [7, 11) is 1.41. The molecule has 1 unspecified atom stereocenters. The molecule has 0 bridgehead atoms. The lowest BCUT2D eigenvalue weighted by Crippen LogP contribution is -2.03. The van der Waals surface area contributed by atoms with Gasteiger partial charge in [0.05, 0.1) is 7.11 Å². The highest BCUT2D eigenvalue weighted by Gasteiger charge is 2.05.